The van der Waals surface area contributed by atoms with Crippen molar-refractivity contribution in [2.75, 3.05) is 25.6 Å². The Kier molecular flexibility index (Phi) is 7.86. The Morgan fingerprint density at radius 2 is 1.47 bits per heavy atom. The Morgan fingerprint density at radius 3 is 2.06 bits per heavy atom. The Hall–Kier alpha value is -3.49. The van der Waals surface area contributed by atoms with Crippen LogP contribution in [0.1, 0.15) is 11.1 Å². The van der Waals surface area contributed by atoms with Crippen LogP contribution in [-0.2, 0) is 14.8 Å². The number of amides is 1. The maximum absolute atomic E-state index is 13.5. The van der Waals surface area contributed by atoms with Crippen LogP contribution in [-0.4, -0.2) is 35.7 Å². The number of hydrogen-bond acceptors (Lipinski definition) is 6. The summed E-state index contributed by atoms with van der Waals surface area (Å²) in [6, 6.07) is 15.6. The molecule has 0 fully saturated rings. The van der Waals surface area contributed by atoms with Crippen LogP contribution in [0.15, 0.2) is 71.6 Å². The van der Waals surface area contributed by atoms with Crippen molar-refractivity contribution in [2.45, 2.75) is 11.8 Å². The lowest BCUT2D eigenvalue weighted by molar-refractivity contribution is -0.113. The molecular formula is C25H24ClNO6S. The Labute approximate surface area is 204 Å². The van der Waals surface area contributed by atoms with Crippen LogP contribution in [0.2, 0.25) is 5.02 Å². The molecule has 0 aliphatic heterocycles. The molecule has 3 aromatic rings. The number of rotatable bonds is 8. The Morgan fingerprint density at radius 1 is 0.853 bits per heavy atom. The molecule has 0 radical (unpaired) electrons. The van der Waals surface area contributed by atoms with Gasteiger partial charge in [0.05, 0.1) is 36.9 Å². The highest BCUT2D eigenvalue weighted by molar-refractivity contribution is 7.93. The number of carbonyl (C=O) groups excluding carboxylic acids is 1. The summed E-state index contributed by atoms with van der Waals surface area (Å²) >= 11 is 6.23. The zero-order valence-corrected chi connectivity index (χ0v) is 20.7. The fraction of sp³-hybridized carbons (Fsp3) is 0.160. The second-order valence-corrected chi connectivity index (χ2v) is 9.38. The third-order valence-corrected chi connectivity index (χ3v) is 6.99. The van der Waals surface area contributed by atoms with Crippen LogP contribution < -0.4 is 18.5 Å². The lowest BCUT2D eigenvalue weighted by Crippen LogP contribution is -2.35. The smallest absolute Gasteiger partial charge is 0.271 e. The van der Waals surface area contributed by atoms with Crippen LogP contribution in [0.5, 0.6) is 17.2 Å². The molecule has 178 valence electrons. The van der Waals surface area contributed by atoms with E-state index in [4.69, 9.17) is 25.8 Å². The van der Waals surface area contributed by atoms with E-state index in [0.29, 0.717) is 27.1 Å². The summed E-state index contributed by atoms with van der Waals surface area (Å²) in [6.45, 7) is 1.84. The number of carbonyl (C=O) groups is 1. The van der Waals surface area contributed by atoms with E-state index in [1.54, 1.807) is 30.3 Å². The first kappa shape index (κ1) is 25.1. The lowest BCUT2D eigenvalue weighted by atomic mass is 10.2. The molecule has 0 heterocycles. The number of nitrogens with zero attached hydrogens (tertiary/aromatic N) is 1. The largest absolute Gasteiger partial charge is 0.495 e. The van der Waals surface area contributed by atoms with Gasteiger partial charge in [-0.3, -0.25) is 4.79 Å². The van der Waals surface area contributed by atoms with Crippen molar-refractivity contribution in [2.24, 2.45) is 0 Å². The average Bonchev–Trinajstić information content (AvgIpc) is 2.83. The Balaban J connectivity index is 2.06. The van der Waals surface area contributed by atoms with Crippen LogP contribution in [0, 0.1) is 6.92 Å². The zero-order chi connectivity index (χ0) is 24.9. The molecule has 3 aromatic carbocycles. The van der Waals surface area contributed by atoms with Gasteiger partial charge in [-0.05, 0) is 61.0 Å². The van der Waals surface area contributed by atoms with Gasteiger partial charge in [0.15, 0.2) is 11.5 Å². The number of ether oxygens (including phenoxy) is 3. The number of benzene rings is 3. The van der Waals surface area contributed by atoms with Crippen molar-refractivity contribution in [3.63, 3.8) is 0 Å². The summed E-state index contributed by atoms with van der Waals surface area (Å²) in [5.74, 6) is 0.577. The molecule has 0 aliphatic rings. The molecule has 0 spiro atoms. The quantitative estimate of drug-likeness (QED) is 0.399. The number of hydrogen-bond donors (Lipinski definition) is 0. The molecule has 0 aromatic heterocycles. The number of halogens is 1. The van der Waals surface area contributed by atoms with Gasteiger partial charge in [0.25, 0.3) is 15.9 Å². The topological polar surface area (TPSA) is 82.1 Å². The minimum atomic E-state index is -4.25. The first-order valence-electron chi connectivity index (χ1n) is 10.1. The predicted molar refractivity (Wildman–Crippen MR) is 132 cm³/mol. The second-order valence-electron chi connectivity index (χ2n) is 7.19. The van der Waals surface area contributed by atoms with Gasteiger partial charge in [-0.25, -0.2) is 8.42 Å². The van der Waals surface area contributed by atoms with Gasteiger partial charge in [0, 0.05) is 6.08 Å². The number of sulfonamides is 1. The molecule has 0 atom stereocenters. The van der Waals surface area contributed by atoms with Crippen molar-refractivity contribution in [1.82, 2.24) is 0 Å². The summed E-state index contributed by atoms with van der Waals surface area (Å²) in [5, 5.41) is 0.167. The average molecular weight is 502 g/mol. The maximum Gasteiger partial charge on any atom is 0.271 e. The zero-order valence-electron chi connectivity index (χ0n) is 19.1. The highest BCUT2D eigenvalue weighted by Crippen LogP contribution is 2.33. The molecule has 0 aliphatic carbocycles. The van der Waals surface area contributed by atoms with Crippen LogP contribution in [0.4, 0.5) is 5.69 Å². The molecule has 3 rings (SSSR count). The SMILES string of the molecule is COc1ccc(N(C(=O)/C=C/c2ccc(OC)c(OC)c2)S(=O)(=O)c2ccc(C)cc2)cc1Cl. The van der Waals surface area contributed by atoms with Crippen LogP contribution in [0.25, 0.3) is 6.08 Å². The summed E-state index contributed by atoms with van der Waals surface area (Å²) in [5.41, 5.74) is 1.58. The van der Waals surface area contributed by atoms with Gasteiger partial charge in [-0.1, -0.05) is 35.4 Å². The van der Waals surface area contributed by atoms with E-state index in [2.05, 4.69) is 0 Å². The normalized spacial score (nSPS) is 11.3. The fourth-order valence-corrected chi connectivity index (χ4v) is 4.81. The van der Waals surface area contributed by atoms with E-state index in [1.807, 2.05) is 6.92 Å². The van der Waals surface area contributed by atoms with Gasteiger partial charge in [0.2, 0.25) is 0 Å². The Bertz CT molecular complexity index is 1320. The molecule has 34 heavy (non-hydrogen) atoms. The number of methoxy groups -OCH3 is 3. The van der Waals surface area contributed by atoms with Gasteiger partial charge >= 0.3 is 0 Å². The van der Waals surface area contributed by atoms with Crippen LogP contribution in [0.3, 0.4) is 0 Å². The molecular weight excluding hydrogens is 478 g/mol. The molecule has 0 bridgehead atoms. The molecule has 0 N–H and O–H groups in total. The molecule has 0 saturated carbocycles. The second kappa shape index (κ2) is 10.6. The summed E-state index contributed by atoms with van der Waals surface area (Å²) < 4.78 is 43.4. The van der Waals surface area contributed by atoms with E-state index >= 15 is 0 Å². The summed E-state index contributed by atoms with van der Waals surface area (Å²) in [4.78, 5) is 13.2. The van der Waals surface area contributed by atoms with Gasteiger partial charge in [0.1, 0.15) is 5.75 Å². The molecule has 7 nitrogen and oxygen atoms in total. The van der Waals surface area contributed by atoms with Crippen LogP contribution >= 0.6 is 11.6 Å². The highest BCUT2D eigenvalue weighted by Gasteiger charge is 2.30. The van der Waals surface area contributed by atoms with Crippen molar-refractivity contribution < 1.29 is 27.4 Å². The van der Waals surface area contributed by atoms with Crippen molar-refractivity contribution in [3.05, 3.63) is 82.9 Å². The standard InChI is InChI=1S/C25H24ClNO6S/c1-17-5-10-20(11-6-17)34(29,30)27(19-9-13-22(31-2)21(26)16-19)25(28)14-8-18-7-12-23(32-3)24(15-18)33-4/h5-16H,1-4H3/b14-8+. The van der Waals surface area contributed by atoms with E-state index in [0.717, 1.165) is 5.56 Å². The van der Waals surface area contributed by atoms with Crippen molar-refractivity contribution in [1.29, 1.82) is 0 Å². The lowest BCUT2D eigenvalue weighted by Gasteiger charge is -2.22. The van der Waals surface area contributed by atoms with Gasteiger partial charge in [-0.2, -0.15) is 4.31 Å². The van der Waals surface area contributed by atoms with Gasteiger partial charge < -0.3 is 14.2 Å². The monoisotopic (exact) mass is 501 g/mol. The number of anilines is 1. The molecule has 0 saturated heterocycles. The summed E-state index contributed by atoms with van der Waals surface area (Å²) in [7, 11) is 0.216. The van der Waals surface area contributed by atoms with Gasteiger partial charge in [-0.15, -0.1) is 0 Å². The van der Waals surface area contributed by atoms with E-state index in [9.17, 15) is 13.2 Å². The number of aryl methyl sites for hydroxylation is 1. The van der Waals surface area contributed by atoms with E-state index in [1.165, 1.54) is 63.8 Å². The van der Waals surface area contributed by atoms with E-state index < -0.39 is 15.9 Å². The minimum Gasteiger partial charge on any atom is -0.495 e. The maximum atomic E-state index is 13.5. The minimum absolute atomic E-state index is 0.0297. The summed E-state index contributed by atoms with van der Waals surface area (Å²) in [6.07, 6.45) is 2.66. The third kappa shape index (κ3) is 5.35. The highest BCUT2D eigenvalue weighted by atomic mass is 35.5. The first-order valence-corrected chi connectivity index (χ1v) is 11.9. The predicted octanol–water partition coefficient (Wildman–Crippen LogP) is 5.11. The molecule has 1 amide bonds. The first-order chi connectivity index (χ1) is 16.2. The van der Waals surface area contributed by atoms with Crippen molar-refractivity contribution in [3.8, 4) is 17.2 Å². The third-order valence-electron chi connectivity index (χ3n) is 4.96. The molecule has 9 heteroatoms. The fourth-order valence-electron chi connectivity index (χ4n) is 3.17. The van der Waals surface area contributed by atoms with E-state index in [-0.39, 0.29) is 15.6 Å². The van der Waals surface area contributed by atoms with Crippen molar-refractivity contribution >= 4 is 39.3 Å². The molecule has 0 unspecified atom stereocenters.